The molecule has 0 amide bonds. The van der Waals surface area contributed by atoms with Gasteiger partial charge in [0.05, 0.1) is 18.5 Å². The predicted molar refractivity (Wildman–Crippen MR) is 82.4 cm³/mol. The van der Waals surface area contributed by atoms with Crippen LogP contribution in [-0.4, -0.2) is 30.7 Å². The summed E-state index contributed by atoms with van der Waals surface area (Å²) in [6.45, 7) is 5.70. The molecule has 0 aliphatic heterocycles. The molecule has 0 fully saturated rings. The minimum atomic E-state index is -0.509. The summed E-state index contributed by atoms with van der Waals surface area (Å²) < 4.78 is 1.84. The van der Waals surface area contributed by atoms with Gasteiger partial charge in [0.25, 0.3) is 5.56 Å². The molecule has 0 radical (unpaired) electrons. The molecule has 2 rings (SSSR count). The Bertz CT molecular complexity index is 645. The Morgan fingerprint density at radius 1 is 1.38 bits per heavy atom. The fourth-order valence-corrected chi connectivity index (χ4v) is 2.67. The number of aromatic amines is 1. The van der Waals surface area contributed by atoms with Gasteiger partial charge in [0.2, 0.25) is 0 Å². The van der Waals surface area contributed by atoms with E-state index < -0.39 is 6.10 Å². The standard InChI is InChI=1S/C15H24N4O2/c1-4-5-6-7-8-12(10(2)20)19-9-16-13-14(19)17-11(3)18-15(13)21/h9-10,12,20H,4-8H2,1-3H3,(H,17,18,21). The van der Waals surface area contributed by atoms with Gasteiger partial charge in [-0.05, 0) is 20.3 Å². The van der Waals surface area contributed by atoms with E-state index in [4.69, 9.17) is 0 Å². The summed E-state index contributed by atoms with van der Waals surface area (Å²) in [5.74, 6) is 0.560. The third-order valence-corrected chi connectivity index (χ3v) is 3.82. The highest BCUT2D eigenvalue weighted by molar-refractivity contribution is 5.69. The van der Waals surface area contributed by atoms with Crippen molar-refractivity contribution in [1.29, 1.82) is 0 Å². The molecular formula is C15H24N4O2. The molecule has 2 atom stereocenters. The minimum absolute atomic E-state index is 0.0967. The fourth-order valence-electron chi connectivity index (χ4n) is 2.67. The van der Waals surface area contributed by atoms with Crippen LogP contribution < -0.4 is 5.56 Å². The van der Waals surface area contributed by atoms with Crippen molar-refractivity contribution in [2.45, 2.75) is 65.0 Å². The Morgan fingerprint density at radius 3 is 2.81 bits per heavy atom. The first-order valence-corrected chi connectivity index (χ1v) is 7.66. The minimum Gasteiger partial charge on any atom is -0.391 e. The summed E-state index contributed by atoms with van der Waals surface area (Å²) in [7, 11) is 0. The van der Waals surface area contributed by atoms with Crippen LogP contribution in [0.1, 0.15) is 57.8 Å². The van der Waals surface area contributed by atoms with Gasteiger partial charge in [-0.15, -0.1) is 0 Å². The summed E-state index contributed by atoms with van der Waals surface area (Å²) in [5.41, 5.74) is 0.657. The lowest BCUT2D eigenvalue weighted by Crippen LogP contribution is -2.22. The number of hydrogen-bond acceptors (Lipinski definition) is 4. The quantitative estimate of drug-likeness (QED) is 0.767. The number of aryl methyl sites for hydroxylation is 1. The van der Waals surface area contributed by atoms with Gasteiger partial charge in [0, 0.05) is 0 Å². The highest BCUT2D eigenvalue weighted by Gasteiger charge is 2.20. The van der Waals surface area contributed by atoms with E-state index in [2.05, 4.69) is 21.9 Å². The van der Waals surface area contributed by atoms with Crippen LogP contribution in [0.4, 0.5) is 0 Å². The summed E-state index contributed by atoms with van der Waals surface area (Å²) in [5, 5.41) is 10.1. The van der Waals surface area contributed by atoms with E-state index in [9.17, 15) is 9.90 Å². The second-order valence-electron chi connectivity index (χ2n) is 5.63. The number of imidazole rings is 1. The average molecular weight is 292 g/mol. The molecule has 2 unspecified atom stereocenters. The summed E-state index contributed by atoms with van der Waals surface area (Å²) >= 11 is 0. The maximum absolute atomic E-state index is 11.9. The van der Waals surface area contributed by atoms with Gasteiger partial charge in [-0.3, -0.25) is 4.79 Å². The molecule has 2 aromatic heterocycles. The Hall–Kier alpha value is -1.69. The molecule has 6 nitrogen and oxygen atoms in total. The Morgan fingerprint density at radius 2 is 2.14 bits per heavy atom. The third kappa shape index (κ3) is 3.50. The van der Waals surface area contributed by atoms with Crippen molar-refractivity contribution in [1.82, 2.24) is 19.5 Å². The molecule has 21 heavy (non-hydrogen) atoms. The van der Waals surface area contributed by atoms with Crippen LogP contribution in [-0.2, 0) is 0 Å². The molecule has 0 aromatic carbocycles. The average Bonchev–Trinajstić information content (AvgIpc) is 2.82. The van der Waals surface area contributed by atoms with Crippen molar-refractivity contribution >= 4 is 11.2 Å². The summed E-state index contributed by atoms with van der Waals surface area (Å²) in [6, 6.07) is -0.0967. The number of fused-ring (bicyclic) bond motifs is 1. The first kappa shape index (κ1) is 15.7. The topological polar surface area (TPSA) is 83.8 Å². The van der Waals surface area contributed by atoms with Crippen LogP contribution in [0.2, 0.25) is 0 Å². The van der Waals surface area contributed by atoms with Crippen molar-refractivity contribution in [3.05, 3.63) is 22.5 Å². The molecular weight excluding hydrogens is 268 g/mol. The number of nitrogens with zero attached hydrogens (tertiary/aromatic N) is 3. The molecule has 2 N–H and O–H groups in total. The van der Waals surface area contributed by atoms with Crippen LogP contribution in [0.15, 0.2) is 11.1 Å². The van der Waals surface area contributed by atoms with Gasteiger partial charge in [0.1, 0.15) is 5.82 Å². The van der Waals surface area contributed by atoms with Crippen molar-refractivity contribution in [3.8, 4) is 0 Å². The van der Waals surface area contributed by atoms with Crippen LogP contribution >= 0.6 is 0 Å². The lowest BCUT2D eigenvalue weighted by atomic mass is 10.0. The molecule has 2 aromatic rings. The predicted octanol–water partition coefficient (Wildman–Crippen LogP) is 2.32. The van der Waals surface area contributed by atoms with E-state index in [0.29, 0.717) is 17.0 Å². The van der Waals surface area contributed by atoms with Gasteiger partial charge < -0.3 is 14.7 Å². The molecule has 0 aliphatic rings. The van der Waals surface area contributed by atoms with Gasteiger partial charge in [-0.2, -0.15) is 0 Å². The molecule has 0 bridgehead atoms. The Balaban J connectivity index is 2.30. The number of hydrogen-bond donors (Lipinski definition) is 2. The van der Waals surface area contributed by atoms with Gasteiger partial charge in [-0.1, -0.05) is 32.6 Å². The number of nitrogens with one attached hydrogen (secondary N) is 1. The Labute approximate surface area is 124 Å². The van der Waals surface area contributed by atoms with E-state index >= 15 is 0 Å². The number of H-pyrrole nitrogens is 1. The van der Waals surface area contributed by atoms with Crippen LogP contribution in [0.5, 0.6) is 0 Å². The number of unbranched alkanes of at least 4 members (excludes halogenated alkanes) is 3. The lowest BCUT2D eigenvalue weighted by molar-refractivity contribution is 0.124. The molecule has 116 valence electrons. The van der Waals surface area contributed by atoms with Crippen molar-refractivity contribution in [3.63, 3.8) is 0 Å². The monoisotopic (exact) mass is 292 g/mol. The maximum atomic E-state index is 11.9. The highest BCUT2D eigenvalue weighted by Crippen LogP contribution is 2.23. The van der Waals surface area contributed by atoms with E-state index in [1.54, 1.807) is 20.2 Å². The summed E-state index contributed by atoms with van der Waals surface area (Å²) in [6.07, 6.45) is 6.55. The fraction of sp³-hybridized carbons (Fsp3) is 0.667. The highest BCUT2D eigenvalue weighted by atomic mass is 16.3. The van der Waals surface area contributed by atoms with Gasteiger partial charge >= 0.3 is 0 Å². The zero-order valence-corrected chi connectivity index (χ0v) is 13.0. The SMILES string of the molecule is CCCCCCC(C(C)O)n1cnc2c(=O)[nH]c(C)nc21. The van der Waals surface area contributed by atoms with E-state index in [-0.39, 0.29) is 11.6 Å². The first-order valence-electron chi connectivity index (χ1n) is 7.66. The number of aliphatic hydroxyl groups is 1. The van der Waals surface area contributed by atoms with Crippen molar-refractivity contribution in [2.75, 3.05) is 0 Å². The summed E-state index contributed by atoms with van der Waals surface area (Å²) in [4.78, 5) is 23.1. The maximum Gasteiger partial charge on any atom is 0.279 e. The van der Waals surface area contributed by atoms with E-state index in [1.807, 2.05) is 4.57 Å². The number of rotatable bonds is 7. The normalized spacial score (nSPS) is 14.5. The smallest absolute Gasteiger partial charge is 0.279 e. The van der Waals surface area contributed by atoms with Gasteiger partial charge in [-0.25, -0.2) is 9.97 Å². The number of aromatic nitrogens is 4. The van der Waals surface area contributed by atoms with E-state index in [1.165, 1.54) is 12.8 Å². The molecule has 0 saturated heterocycles. The van der Waals surface area contributed by atoms with Crippen LogP contribution in [0.3, 0.4) is 0 Å². The molecule has 6 heteroatoms. The zero-order chi connectivity index (χ0) is 15.4. The largest absolute Gasteiger partial charge is 0.391 e. The number of aliphatic hydroxyl groups excluding tert-OH is 1. The second-order valence-corrected chi connectivity index (χ2v) is 5.63. The van der Waals surface area contributed by atoms with Crippen LogP contribution in [0.25, 0.3) is 11.2 Å². The van der Waals surface area contributed by atoms with E-state index in [0.717, 1.165) is 19.3 Å². The molecule has 0 saturated carbocycles. The lowest BCUT2D eigenvalue weighted by Gasteiger charge is -2.21. The zero-order valence-electron chi connectivity index (χ0n) is 13.0. The molecule has 0 aliphatic carbocycles. The first-order chi connectivity index (χ1) is 10.0. The third-order valence-electron chi connectivity index (χ3n) is 3.82. The molecule has 2 heterocycles. The van der Waals surface area contributed by atoms with Crippen molar-refractivity contribution < 1.29 is 5.11 Å². The van der Waals surface area contributed by atoms with Crippen LogP contribution in [0, 0.1) is 6.92 Å². The second kappa shape index (κ2) is 6.85. The molecule has 0 spiro atoms. The van der Waals surface area contributed by atoms with Crippen molar-refractivity contribution in [2.24, 2.45) is 0 Å². The Kier molecular flexibility index (Phi) is 5.12. The van der Waals surface area contributed by atoms with Gasteiger partial charge in [0.15, 0.2) is 11.2 Å².